The molecule has 0 radical (unpaired) electrons. The molecule has 1 saturated heterocycles. The van der Waals surface area contributed by atoms with Gasteiger partial charge in [0.15, 0.2) is 0 Å². The van der Waals surface area contributed by atoms with Crippen LogP contribution in [0.3, 0.4) is 0 Å². The number of nitro groups is 1. The molecule has 2 heterocycles. The first-order chi connectivity index (χ1) is 10.1. The number of anilines is 2. The maximum atomic E-state index is 11.3. The molecule has 0 aliphatic carbocycles. The maximum absolute atomic E-state index is 11.3. The van der Waals surface area contributed by atoms with Gasteiger partial charge in [0.05, 0.1) is 11.0 Å². The molecule has 2 rings (SSSR count). The Morgan fingerprint density at radius 3 is 2.95 bits per heavy atom. The van der Waals surface area contributed by atoms with Gasteiger partial charge in [-0.15, -0.1) is 0 Å². The monoisotopic (exact) mass is 296 g/mol. The summed E-state index contributed by atoms with van der Waals surface area (Å²) in [5.74, 6) is 5.80. The Bertz CT molecular complexity index is 522. The molecule has 9 heteroatoms. The number of hydrogen-bond acceptors (Lipinski definition) is 8. The predicted molar refractivity (Wildman–Crippen MR) is 78.1 cm³/mol. The molecule has 1 atom stereocenters. The molecule has 3 N–H and O–H groups in total. The predicted octanol–water partition coefficient (Wildman–Crippen LogP) is 0.984. The lowest BCUT2D eigenvalue weighted by atomic mass is 10.1. The molecule has 1 aliphatic heterocycles. The van der Waals surface area contributed by atoms with E-state index in [9.17, 15) is 10.1 Å². The van der Waals surface area contributed by atoms with Crippen LogP contribution in [0.4, 0.5) is 17.5 Å². The normalized spacial score (nSPS) is 18.6. The van der Waals surface area contributed by atoms with Crippen LogP contribution in [0.2, 0.25) is 0 Å². The quantitative estimate of drug-likeness (QED) is 0.469. The SMILES string of the molecule is CCOC1CCCN(c2nc(NN)nc(C)c2[N+](=O)[O-])C1. The average Bonchev–Trinajstić information content (AvgIpc) is 2.46. The van der Waals surface area contributed by atoms with Crippen molar-refractivity contribution < 1.29 is 9.66 Å². The van der Waals surface area contributed by atoms with Crippen molar-refractivity contribution in [1.82, 2.24) is 9.97 Å². The molecule has 1 aromatic heterocycles. The number of aromatic nitrogens is 2. The minimum Gasteiger partial charge on any atom is -0.377 e. The number of nitrogens with two attached hydrogens (primary N) is 1. The second-order valence-corrected chi connectivity index (χ2v) is 4.87. The van der Waals surface area contributed by atoms with Crippen LogP contribution in [0.15, 0.2) is 0 Å². The van der Waals surface area contributed by atoms with E-state index in [1.165, 1.54) is 0 Å². The number of ether oxygens (including phenoxy) is 1. The molecule has 9 nitrogen and oxygen atoms in total. The van der Waals surface area contributed by atoms with Gasteiger partial charge in [-0.05, 0) is 26.7 Å². The van der Waals surface area contributed by atoms with Crippen molar-refractivity contribution in [3.63, 3.8) is 0 Å². The minimum atomic E-state index is -0.449. The highest BCUT2D eigenvalue weighted by Crippen LogP contribution is 2.31. The zero-order chi connectivity index (χ0) is 15.4. The molecule has 116 valence electrons. The summed E-state index contributed by atoms with van der Waals surface area (Å²) in [5, 5.41) is 11.3. The van der Waals surface area contributed by atoms with Crippen LogP contribution in [0, 0.1) is 17.0 Å². The van der Waals surface area contributed by atoms with Crippen molar-refractivity contribution >= 4 is 17.5 Å². The third kappa shape index (κ3) is 3.37. The van der Waals surface area contributed by atoms with E-state index in [2.05, 4.69) is 15.4 Å². The molecule has 1 fully saturated rings. The van der Waals surface area contributed by atoms with Gasteiger partial charge < -0.3 is 9.64 Å². The molecule has 1 aliphatic rings. The molecule has 1 unspecified atom stereocenters. The highest BCUT2D eigenvalue weighted by Gasteiger charge is 2.30. The standard InChI is InChI=1S/C12H20N6O3/c1-3-21-9-5-4-6-17(7-9)11-10(18(19)20)8(2)14-12(15-11)16-13/h9H,3-7,13H2,1-2H3,(H,14,15,16). The lowest BCUT2D eigenvalue weighted by Crippen LogP contribution is -2.40. The van der Waals surface area contributed by atoms with Crippen LogP contribution in [-0.2, 0) is 4.74 Å². The first-order valence-corrected chi connectivity index (χ1v) is 6.93. The number of aryl methyl sites for hydroxylation is 1. The van der Waals surface area contributed by atoms with Gasteiger partial charge in [0, 0.05) is 19.7 Å². The number of nitrogens with zero attached hydrogens (tertiary/aromatic N) is 4. The molecule has 21 heavy (non-hydrogen) atoms. The Labute approximate surface area is 122 Å². The van der Waals surface area contributed by atoms with Crippen LogP contribution in [0.1, 0.15) is 25.5 Å². The molecule has 0 saturated carbocycles. The van der Waals surface area contributed by atoms with E-state index in [4.69, 9.17) is 10.6 Å². The average molecular weight is 296 g/mol. The van der Waals surface area contributed by atoms with Crippen LogP contribution < -0.4 is 16.2 Å². The first-order valence-electron chi connectivity index (χ1n) is 6.93. The van der Waals surface area contributed by atoms with Crippen molar-refractivity contribution in [2.75, 3.05) is 30.0 Å². The number of nitrogens with one attached hydrogen (secondary N) is 1. The molecule has 0 aromatic carbocycles. The molecule has 0 spiro atoms. The van der Waals surface area contributed by atoms with Gasteiger partial charge in [0.2, 0.25) is 11.8 Å². The Morgan fingerprint density at radius 1 is 1.57 bits per heavy atom. The number of piperidine rings is 1. The third-order valence-electron chi connectivity index (χ3n) is 3.43. The molecule has 0 amide bonds. The van der Waals surface area contributed by atoms with Crippen molar-refractivity contribution in [3.8, 4) is 0 Å². The topological polar surface area (TPSA) is 119 Å². The zero-order valence-corrected chi connectivity index (χ0v) is 12.2. The van der Waals surface area contributed by atoms with Gasteiger partial charge in [-0.3, -0.25) is 15.5 Å². The summed E-state index contributed by atoms with van der Waals surface area (Å²) in [5.41, 5.74) is 2.56. The minimum absolute atomic E-state index is 0.0629. The van der Waals surface area contributed by atoms with Gasteiger partial charge >= 0.3 is 5.69 Å². The van der Waals surface area contributed by atoms with Crippen molar-refractivity contribution in [1.29, 1.82) is 0 Å². The highest BCUT2D eigenvalue weighted by molar-refractivity contribution is 5.62. The van der Waals surface area contributed by atoms with Crippen LogP contribution in [0.5, 0.6) is 0 Å². The molecule has 1 aromatic rings. The smallest absolute Gasteiger partial charge is 0.332 e. The highest BCUT2D eigenvalue weighted by atomic mass is 16.6. The van der Waals surface area contributed by atoms with Gasteiger partial charge in [-0.25, -0.2) is 10.8 Å². The van der Waals surface area contributed by atoms with Gasteiger partial charge in [0.1, 0.15) is 5.69 Å². The second kappa shape index (κ2) is 6.64. The number of nitrogen functional groups attached to an aromatic ring is 1. The van der Waals surface area contributed by atoms with Crippen molar-refractivity contribution in [3.05, 3.63) is 15.8 Å². The van der Waals surface area contributed by atoms with Crippen LogP contribution in [-0.4, -0.2) is 40.7 Å². The Kier molecular flexibility index (Phi) is 4.86. The van der Waals surface area contributed by atoms with E-state index in [-0.39, 0.29) is 23.4 Å². The van der Waals surface area contributed by atoms with E-state index < -0.39 is 4.92 Å². The summed E-state index contributed by atoms with van der Waals surface area (Å²) < 4.78 is 5.63. The van der Waals surface area contributed by atoms with Crippen LogP contribution in [0.25, 0.3) is 0 Å². The molecular formula is C12H20N6O3. The molecular weight excluding hydrogens is 276 g/mol. The second-order valence-electron chi connectivity index (χ2n) is 4.87. The number of hydrogen-bond donors (Lipinski definition) is 2. The van der Waals surface area contributed by atoms with E-state index in [1.807, 2.05) is 11.8 Å². The van der Waals surface area contributed by atoms with Crippen LogP contribution >= 0.6 is 0 Å². The summed E-state index contributed by atoms with van der Waals surface area (Å²) in [6, 6.07) is 0. The first kappa shape index (κ1) is 15.4. The zero-order valence-electron chi connectivity index (χ0n) is 12.2. The van der Waals surface area contributed by atoms with E-state index in [0.717, 1.165) is 12.8 Å². The van der Waals surface area contributed by atoms with Gasteiger partial charge in [-0.1, -0.05) is 0 Å². The third-order valence-corrected chi connectivity index (χ3v) is 3.43. The Morgan fingerprint density at radius 2 is 2.33 bits per heavy atom. The Balaban J connectivity index is 2.36. The van der Waals surface area contributed by atoms with E-state index in [0.29, 0.717) is 25.5 Å². The largest absolute Gasteiger partial charge is 0.377 e. The fourth-order valence-electron chi connectivity index (χ4n) is 2.55. The Hall–Kier alpha value is -2.00. The number of hydrazine groups is 1. The fraction of sp³-hybridized carbons (Fsp3) is 0.667. The van der Waals surface area contributed by atoms with Crippen molar-refractivity contribution in [2.24, 2.45) is 5.84 Å². The fourth-order valence-corrected chi connectivity index (χ4v) is 2.55. The summed E-state index contributed by atoms with van der Waals surface area (Å²) in [6.07, 6.45) is 1.91. The van der Waals surface area contributed by atoms with Gasteiger partial charge in [-0.2, -0.15) is 4.98 Å². The lowest BCUT2D eigenvalue weighted by molar-refractivity contribution is -0.385. The summed E-state index contributed by atoms with van der Waals surface area (Å²) in [4.78, 5) is 20.9. The summed E-state index contributed by atoms with van der Waals surface area (Å²) in [7, 11) is 0. The number of rotatable bonds is 5. The summed E-state index contributed by atoms with van der Waals surface area (Å²) >= 11 is 0. The summed E-state index contributed by atoms with van der Waals surface area (Å²) in [6.45, 7) is 5.42. The molecule has 0 bridgehead atoms. The van der Waals surface area contributed by atoms with E-state index in [1.54, 1.807) is 6.92 Å². The lowest BCUT2D eigenvalue weighted by Gasteiger charge is -2.33. The van der Waals surface area contributed by atoms with Gasteiger partial charge in [0.25, 0.3) is 0 Å². The van der Waals surface area contributed by atoms with E-state index >= 15 is 0 Å². The van der Waals surface area contributed by atoms with Crippen molar-refractivity contribution in [2.45, 2.75) is 32.8 Å². The maximum Gasteiger partial charge on any atom is 0.332 e.